The zero-order valence-corrected chi connectivity index (χ0v) is 8.41. The molecule has 0 saturated carbocycles. The van der Waals surface area contributed by atoms with Crippen LogP contribution >= 0.6 is 0 Å². The lowest BCUT2D eigenvalue weighted by atomic mass is 10.1. The van der Waals surface area contributed by atoms with E-state index in [2.05, 4.69) is 20.5 Å². The Bertz CT molecular complexity index is 423. The minimum absolute atomic E-state index is 0.114. The van der Waals surface area contributed by atoms with Gasteiger partial charge < -0.3 is 5.73 Å². The van der Waals surface area contributed by atoms with Crippen molar-refractivity contribution >= 4 is 0 Å². The second-order valence-corrected chi connectivity index (χ2v) is 3.37. The Hall–Kier alpha value is -1.82. The van der Waals surface area contributed by atoms with Crippen LogP contribution in [0.5, 0.6) is 0 Å². The summed E-state index contributed by atoms with van der Waals surface area (Å²) in [4.78, 5) is 0. The van der Waals surface area contributed by atoms with Crippen LogP contribution in [-0.2, 0) is 13.5 Å². The van der Waals surface area contributed by atoms with Crippen molar-refractivity contribution in [1.29, 1.82) is 0 Å². The monoisotopic (exact) mass is 204 g/mol. The van der Waals surface area contributed by atoms with E-state index in [-0.39, 0.29) is 6.04 Å². The molecular weight excluding hydrogens is 192 g/mol. The van der Waals surface area contributed by atoms with E-state index in [1.807, 2.05) is 19.3 Å². The van der Waals surface area contributed by atoms with Crippen molar-refractivity contribution in [2.24, 2.45) is 12.8 Å². The maximum absolute atomic E-state index is 5.99. The Labute approximate surface area is 87.1 Å². The number of aryl methyl sites for hydroxylation is 1. The van der Waals surface area contributed by atoms with Gasteiger partial charge in [-0.05, 0) is 11.6 Å². The molecule has 0 fully saturated rings. The van der Waals surface area contributed by atoms with Crippen LogP contribution in [0.3, 0.4) is 0 Å². The number of hydrogen-bond donors (Lipinski definition) is 1. The topological polar surface area (TPSA) is 82.5 Å². The molecule has 1 unspecified atom stereocenters. The molecule has 0 bridgehead atoms. The highest BCUT2D eigenvalue weighted by Crippen LogP contribution is 2.12. The smallest absolute Gasteiger partial charge is 0.0845 e. The van der Waals surface area contributed by atoms with Crippen LogP contribution in [0.15, 0.2) is 24.7 Å². The highest BCUT2D eigenvalue weighted by atomic mass is 15.4. The Morgan fingerprint density at radius 1 is 1.47 bits per heavy atom. The molecule has 78 valence electrons. The second-order valence-electron chi connectivity index (χ2n) is 3.37. The summed E-state index contributed by atoms with van der Waals surface area (Å²) >= 11 is 0. The number of hydrogen-bond acceptors (Lipinski definition) is 5. The molecule has 0 aliphatic carbocycles. The fourth-order valence-electron chi connectivity index (χ4n) is 1.35. The molecule has 0 saturated heterocycles. The fourth-order valence-corrected chi connectivity index (χ4v) is 1.35. The third kappa shape index (κ3) is 2.35. The third-order valence-electron chi connectivity index (χ3n) is 2.11. The lowest BCUT2D eigenvalue weighted by Gasteiger charge is -2.08. The molecule has 0 aliphatic rings. The summed E-state index contributed by atoms with van der Waals surface area (Å²) in [6.45, 7) is 0. The molecule has 15 heavy (non-hydrogen) atoms. The molecule has 1 atom stereocenters. The lowest BCUT2D eigenvalue weighted by Crippen LogP contribution is -2.14. The van der Waals surface area contributed by atoms with Crippen molar-refractivity contribution in [2.75, 3.05) is 0 Å². The molecule has 0 amide bonds. The maximum Gasteiger partial charge on any atom is 0.0845 e. The van der Waals surface area contributed by atoms with Crippen LogP contribution in [0.1, 0.15) is 17.3 Å². The molecule has 2 heterocycles. The van der Waals surface area contributed by atoms with Gasteiger partial charge in [-0.15, -0.1) is 5.10 Å². The van der Waals surface area contributed by atoms with E-state index >= 15 is 0 Å². The van der Waals surface area contributed by atoms with Gasteiger partial charge in [-0.25, -0.2) is 0 Å². The van der Waals surface area contributed by atoms with E-state index in [0.717, 1.165) is 11.3 Å². The largest absolute Gasteiger partial charge is 0.324 e. The van der Waals surface area contributed by atoms with Gasteiger partial charge >= 0.3 is 0 Å². The Balaban J connectivity index is 2.07. The van der Waals surface area contributed by atoms with Crippen molar-refractivity contribution in [3.63, 3.8) is 0 Å². The first kappa shape index (κ1) is 9.72. The summed E-state index contributed by atoms with van der Waals surface area (Å²) < 4.78 is 1.66. The number of nitrogens with zero attached hydrogens (tertiary/aromatic N) is 5. The van der Waals surface area contributed by atoms with E-state index in [9.17, 15) is 0 Å². The van der Waals surface area contributed by atoms with Crippen LogP contribution in [0, 0.1) is 0 Å². The van der Waals surface area contributed by atoms with Gasteiger partial charge in [0.15, 0.2) is 0 Å². The van der Waals surface area contributed by atoms with Crippen LogP contribution in [0.25, 0.3) is 0 Å². The first-order chi connectivity index (χ1) is 7.25. The summed E-state index contributed by atoms with van der Waals surface area (Å²) in [5, 5.41) is 15.3. The summed E-state index contributed by atoms with van der Waals surface area (Å²) in [5.41, 5.74) is 7.82. The van der Waals surface area contributed by atoms with E-state index in [0.29, 0.717) is 6.42 Å². The normalized spacial score (nSPS) is 12.7. The molecule has 6 nitrogen and oxygen atoms in total. The van der Waals surface area contributed by atoms with E-state index in [1.54, 1.807) is 17.1 Å². The zero-order chi connectivity index (χ0) is 10.7. The third-order valence-corrected chi connectivity index (χ3v) is 2.11. The van der Waals surface area contributed by atoms with Crippen LogP contribution in [0.4, 0.5) is 0 Å². The van der Waals surface area contributed by atoms with E-state index in [1.165, 1.54) is 0 Å². The first-order valence-electron chi connectivity index (χ1n) is 4.63. The maximum atomic E-state index is 5.99. The highest BCUT2D eigenvalue weighted by molar-refractivity contribution is 5.13. The Kier molecular flexibility index (Phi) is 2.68. The summed E-state index contributed by atoms with van der Waals surface area (Å²) in [7, 11) is 1.83. The summed E-state index contributed by atoms with van der Waals surface area (Å²) in [6.07, 6.45) is 5.81. The average molecular weight is 204 g/mol. The SMILES string of the molecule is Cn1cc(CC(N)c2ccnnc2)nn1. The van der Waals surface area contributed by atoms with Crippen molar-refractivity contribution in [3.8, 4) is 0 Å². The number of nitrogens with two attached hydrogens (primary N) is 1. The Morgan fingerprint density at radius 3 is 2.93 bits per heavy atom. The zero-order valence-electron chi connectivity index (χ0n) is 8.41. The molecular formula is C9H12N6. The molecule has 0 spiro atoms. The molecule has 2 aromatic heterocycles. The number of aromatic nitrogens is 5. The van der Waals surface area contributed by atoms with Gasteiger partial charge in [0.1, 0.15) is 0 Å². The predicted molar refractivity (Wildman–Crippen MR) is 53.7 cm³/mol. The average Bonchev–Trinajstić information content (AvgIpc) is 2.65. The van der Waals surface area contributed by atoms with Gasteiger partial charge in [-0.3, -0.25) is 4.68 Å². The molecule has 2 aromatic rings. The van der Waals surface area contributed by atoms with Crippen LogP contribution in [-0.4, -0.2) is 25.2 Å². The van der Waals surface area contributed by atoms with E-state index in [4.69, 9.17) is 5.73 Å². The van der Waals surface area contributed by atoms with Crippen molar-refractivity contribution in [3.05, 3.63) is 35.9 Å². The standard InChI is InChI=1S/C9H12N6/c1-15-6-8(13-14-15)4-9(10)7-2-3-11-12-5-7/h2-3,5-6,9H,4,10H2,1H3. The fraction of sp³-hybridized carbons (Fsp3) is 0.333. The number of rotatable bonds is 3. The molecule has 0 aliphatic heterocycles. The van der Waals surface area contributed by atoms with Gasteiger partial charge in [0, 0.05) is 31.9 Å². The molecule has 0 radical (unpaired) electrons. The first-order valence-corrected chi connectivity index (χ1v) is 4.63. The highest BCUT2D eigenvalue weighted by Gasteiger charge is 2.09. The van der Waals surface area contributed by atoms with Gasteiger partial charge in [-0.2, -0.15) is 10.2 Å². The van der Waals surface area contributed by atoms with Crippen molar-refractivity contribution in [1.82, 2.24) is 25.2 Å². The van der Waals surface area contributed by atoms with Gasteiger partial charge in [0.2, 0.25) is 0 Å². The van der Waals surface area contributed by atoms with Gasteiger partial charge in [-0.1, -0.05) is 5.21 Å². The summed E-state index contributed by atoms with van der Waals surface area (Å²) in [5.74, 6) is 0. The predicted octanol–water partition coefficient (Wildman–Crippen LogP) is -0.152. The summed E-state index contributed by atoms with van der Waals surface area (Å²) in [6, 6.07) is 1.74. The minimum atomic E-state index is -0.114. The molecule has 2 N–H and O–H groups in total. The molecule has 0 aromatic carbocycles. The quantitative estimate of drug-likeness (QED) is 0.751. The lowest BCUT2D eigenvalue weighted by molar-refractivity contribution is 0.689. The second kappa shape index (κ2) is 4.14. The van der Waals surface area contributed by atoms with Gasteiger partial charge in [0.25, 0.3) is 0 Å². The van der Waals surface area contributed by atoms with Crippen molar-refractivity contribution in [2.45, 2.75) is 12.5 Å². The van der Waals surface area contributed by atoms with Crippen molar-refractivity contribution < 1.29 is 0 Å². The minimum Gasteiger partial charge on any atom is -0.324 e. The van der Waals surface area contributed by atoms with E-state index < -0.39 is 0 Å². The van der Waals surface area contributed by atoms with Crippen LogP contribution in [0.2, 0.25) is 0 Å². The Morgan fingerprint density at radius 2 is 2.33 bits per heavy atom. The van der Waals surface area contributed by atoms with Gasteiger partial charge in [0.05, 0.1) is 11.9 Å². The molecule has 2 rings (SSSR count). The molecule has 6 heteroatoms. The van der Waals surface area contributed by atoms with Crippen LogP contribution < -0.4 is 5.73 Å².